The number of nitrogens with zero attached hydrogens (tertiary/aromatic N) is 1. The normalized spacial score (nSPS) is 12.5. The number of aromatic nitrogens is 1. The molecule has 0 amide bonds. The van der Waals surface area contributed by atoms with Gasteiger partial charge in [0.1, 0.15) is 5.82 Å². The molecule has 0 aliphatic rings. The van der Waals surface area contributed by atoms with Crippen LogP contribution in [0.3, 0.4) is 0 Å². The average molecular weight is 264 g/mol. The van der Waals surface area contributed by atoms with Crippen LogP contribution in [-0.4, -0.2) is 4.98 Å². The van der Waals surface area contributed by atoms with Gasteiger partial charge in [-0.05, 0) is 51.5 Å². The second kappa shape index (κ2) is 5.06. The maximum atomic E-state index is 13.2. The predicted molar refractivity (Wildman–Crippen MR) is 74.8 cm³/mol. The molecular formula is C14H17FN2S. The maximum Gasteiger partial charge on any atom is 0.126 e. The summed E-state index contributed by atoms with van der Waals surface area (Å²) in [6.45, 7) is 7.90. The molecule has 0 bridgehead atoms. The van der Waals surface area contributed by atoms with E-state index < -0.39 is 0 Å². The molecule has 96 valence electrons. The minimum absolute atomic E-state index is 0.169. The van der Waals surface area contributed by atoms with Crippen molar-refractivity contribution in [2.45, 2.75) is 33.7 Å². The second-order valence-corrected chi connectivity index (χ2v) is 5.75. The number of hydrogen-bond donors (Lipinski definition) is 1. The van der Waals surface area contributed by atoms with Crippen LogP contribution >= 0.6 is 11.3 Å². The summed E-state index contributed by atoms with van der Waals surface area (Å²) in [5, 5.41) is 4.46. The Morgan fingerprint density at radius 2 is 2.00 bits per heavy atom. The molecule has 1 N–H and O–H groups in total. The van der Waals surface area contributed by atoms with Gasteiger partial charge in [-0.2, -0.15) is 0 Å². The average Bonchev–Trinajstić information content (AvgIpc) is 2.63. The molecule has 1 aromatic heterocycles. The minimum atomic E-state index is -0.169. The highest BCUT2D eigenvalue weighted by molar-refractivity contribution is 7.11. The summed E-state index contributed by atoms with van der Waals surface area (Å²) in [6.07, 6.45) is 0. The van der Waals surface area contributed by atoms with Gasteiger partial charge in [0.15, 0.2) is 0 Å². The highest BCUT2D eigenvalue weighted by Crippen LogP contribution is 2.27. The monoisotopic (exact) mass is 264 g/mol. The van der Waals surface area contributed by atoms with Crippen molar-refractivity contribution < 1.29 is 4.39 Å². The van der Waals surface area contributed by atoms with Crippen molar-refractivity contribution in [2.75, 3.05) is 5.32 Å². The molecule has 4 heteroatoms. The molecule has 0 aliphatic heterocycles. The van der Waals surface area contributed by atoms with E-state index in [1.54, 1.807) is 24.3 Å². The second-order valence-electron chi connectivity index (χ2n) is 4.51. The van der Waals surface area contributed by atoms with Crippen LogP contribution in [0, 0.1) is 26.6 Å². The fourth-order valence-electron chi connectivity index (χ4n) is 2.00. The quantitative estimate of drug-likeness (QED) is 0.889. The lowest BCUT2D eigenvalue weighted by Gasteiger charge is -2.15. The van der Waals surface area contributed by atoms with Gasteiger partial charge in [0, 0.05) is 10.6 Å². The predicted octanol–water partition coefficient (Wildman–Crippen LogP) is 4.38. The van der Waals surface area contributed by atoms with Crippen molar-refractivity contribution in [1.82, 2.24) is 4.98 Å². The van der Waals surface area contributed by atoms with Gasteiger partial charge in [-0.15, -0.1) is 11.3 Å². The Balaban J connectivity index is 2.18. The first-order valence-corrected chi connectivity index (χ1v) is 6.75. The van der Waals surface area contributed by atoms with Crippen LogP contribution in [0.25, 0.3) is 0 Å². The van der Waals surface area contributed by atoms with E-state index in [0.29, 0.717) is 5.56 Å². The number of thiazole rings is 1. The highest BCUT2D eigenvalue weighted by Gasteiger charge is 2.13. The van der Waals surface area contributed by atoms with E-state index in [2.05, 4.69) is 17.2 Å². The molecule has 1 atom stereocenters. The van der Waals surface area contributed by atoms with E-state index in [0.717, 1.165) is 16.4 Å². The van der Waals surface area contributed by atoms with Crippen molar-refractivity contribution in [3.05, 3.63) is 45.2 Å². The van der Waals surface area contributed by atoms with Gasteiger partial charge in [0.05, 0.1) is 16.7 Å². The number of hydrogen-bond acceptors (Lipinski definition) is 3. The molecule has 0 radical (unpaired) electrons. The third-order valence-electron chi connectivity index (χ3n) is 2.87. The highest BCUT2D eigenvalue weighted by atomic mass is 32.1. The molecule has 0 aliphatic carbocycles. The van der Waals surface area contributed by atoms with Gasteiger partial charge in [0.25, 0.3) is 0 Å². The maximum absolute atomic E-state index is 13.2. The van der Waals surface area contributed by atoms with Gasteiger partial charge in [-0.3, -0.25) is 0 Å². The van der Waals surface area contributed by atoms with E-state index in [4.69, 9.17) is 0 Å². The van der Waals surface area contributed by atoms with Crippen LogP contribution in [0.1, 0.15) is 34.1 Å². The summed E-state index contributed by atoms with van der Waals surface area (Å²) in [4.78, 5) is 5.65. The molecule has 2 nitrogen and oxygen atoms in total. The van der Waals surface area contributed by atoms with Crippen LogP contribution < -0.4 is 5.32 Å². The van der Waals surface area contributed by atoms with Gasteiger partial charge in [-0.1, -0.05) is 0 Å². The first kappa shape index (κ1) is 13.0. The fraction of sp³-hybridized carbons (Fsp3) is 0.357. The van der Waals surface area contributed by atoms with Crippen LogP contribution in [0.15, 0.2) is 18.2 Å². The van der Waals surface area contributed by atoms with Crippen molar-refractivity contribution in [3.8, 4) is 0 Å². The lowest BCUT2D eigenvalue weighted by atomic mass is 10.2. The SMILES string of the molecule is Cc1nc(C)c(C(C)Nc2ccc(F)c(C)c2)s1. The smallest absolute Gasteiger partial charge is 0.126 e. The lowest BCUT2D eigenvalue weighted by molar-refractivity contribution is 0.618. The number of anilines is 1. The van der Waals surface area contributed by atoms with Crippen molar-refractivity contribution in [3.63, 3.8) is 0 Å². The minimum Gasteiger partial charge on any atom is -0.378 e. The van der Waals surface area contributed by atoms with E-state index in [-0.39, 0.29) is 11.9 Å². The third kappa shape index (κ3) is 2.70. The zero-order valence-corrected chi connectivity index (χ0v) is 11.9. The van der Waals surface area contributed by atoms with E-state index in [1.807, 2.05) is 19.9 Å². The molecule has 2 aromatic rings. The van der Waals surface area contributed by atoms with Gasteiger partial charge in [0.2, 0.25) is 0 Å². The molecular weight excluding hydrogens is 247 g/mol. The van der Waals surface area contributed by atoms with Crippen LogP contribution in [0.5, 0.6) is 0 Å². The number of nitrogens with one attached hydrogen (secondary N) is 1. The summed E-state index contributed by atoms with van der Waals surface area (Å²) in [5.74, 6) is -0.169. The van der Waals surface area contributed by atoms with Gasteiger partial charge < -0.3 is 5.32 Å². The summed E-state index contributed by atoms with van der Waals surface area (Å²) in [7, 11) is 0. The van der Waals surface area contributed by atoms with Gasteiger partial charge in [-0.25, -0.2) is 9.37 Å². The number of benzene rings is 1. The summed E-state index contributed by atoms with van der Waals surface area (Å²) in [5.41, 5.74) is 2.66. The van der Waals surface area contributed by atoms with Crippen LogP contribution in [0.2, 0.25) is 0 Å². The van der Waals surface area contributed by atoms with Crippen molar-refractivity contribution in [2.24, 2.45) is 0 Å². The topological polar surface area (TPSA) is 24.9 Å². The summed E-state index contributed by atoms with van der Waals surface area (Å²) < 4.78 is 13.2. The number of halogens is 1. The summed E-state index contributed by atoms with van der Waals surface area (Å²) in [6, 6.07) is 5.27. The zero-order valence-electron chi connectivity index (χ0n) is 11.0. The Hall–Kier alpha value is -1.42. The van der Waals surface area contributed by atoms with E-state index in [1.165, 1.54) is 10.9 Å². The van der Waals surface area contributed by atoms with E-state index in [9.17, 15) is 4.39 Å². The van der Waals surface area contributed by atoms with E-state index >= 15 is 0 Å². The Bertz CT molecular complexity index is 563. The number of aryl methyl sites for hydroxylation is 3. The Kier molecular flexibility index (Phi) is 3.66. The molecule has 18 heavy (non-hydrogen) atoms. The standard InChI is InChI=1S/C14H17FN2S/c1-8-7-12(5-6-13(8)15)17-10(3)14-9(2)16-11(4)18-14/h5-7,10,17H,1-4H3. The van der Waals surface area contributed by atoms with Crippen molar-refractivity contribution >= 4 is 17.0 Å². The van der Waals surface area contributed by atoms with Crippen LogP contribution in [-0.2, 0) is 0 Å². The molecule has 1 unspecified atom stereocenters. The molecule has 1 heterocycles. The van der Waals surface area contributed by atoms with Crippen LogP contribution in [0.4, 0.5) is 10.1 Å². The Morgan fingerprint density at radius 1 is 1.28 bits per heavy atom. The fourth-order valence-corrected chi connectivity index (χ4v) is 2.93. The Labute approximate surface area is 111 Å². The lowest BCUT2D eigenvalue weighted by Crippen LogP contribution is -2.06. The number of rotatable bonds is 3. The molecule has 0 fully saturated rings. The first-order valence-electron chi connectivity index (χ1n) is 5.94. The molecule has 0 saturated carbocycles. The zero-order chi connectivity index (χ0) is 13.3. The molecule has 1 aromatic carbocycles. The first-order chi connectivity index (χ1) is 8.47. The van der Waals surface area contributed by atoms with Crippen molar-refractivity contribution in [1.29, 1.82) is 0 Å². The van der Waals surface area contributed by atoms with Gasteiger partial charge >= 0.3 is 0 Å². The molecule has 0 saturated heterocycles. The molecule has 2 rings (SSSR count). The summed E-state index contributed by atoms with van der Waals surface area (Å²) >= 11 is 1.70. The third-order valence-corrected chi connectivity index (χ3v) is 4.13. The largest absolute Gasteiger partial charge is 0.378 e. The molecule has 0 spiro atoms. The Morgan fingerprint density at radius 3 is 2.56 bits per heavy atom.